The number of benzene rings is 1. The second kappa shape index (κ2) is 8.81. The number of hydrogen-bond acceptors (Lipinski definition) is 3. The molecule has 4 nitrogen and oxygen atoms in total. The number of nitrogens with one attached hydrogen (secondary N) is 1. The van der Waals surface area contributed by atoms with Crippen molar-refractivity contribution in [3.8, 4) is 0 Å². The van der Waals surface area contributed by atoms with Crippen molar-refractivity contribution >= 4 is 5.91 Å². The summed E-state index contributed by atoms with van der Waals surface area (Å²) in [5.74, 6) is 0.650. The van der Waals surface area contributed by atoms with Crippen molar-refractivity contribution in [1.82, 2.24) is 10.2 Å². The van der Waals surface area contributed by atoms with E-state index in [0.29, 0.717) is 18.4 Å². The van der Waals surface area contributed by atoms with Crippen LogP contribution in [-0.4, -0.2) is 49.7 Å². The van der Waals surface area contributed by atoms with Crippen LogP contribution >= 0.6 is 0 Å². The molecule has 1 saturated heterocycles. The maximum Gasteiger partial charge on any atom is 0.224 e. The number of aryl methyl sites for hydroxylation is 2. The van der Waals surface area contributed by atoms with Gasteiger partial charge < -0.3 is 10.1 Å². The van der Waals surface area contributed by atoms with E-state index in [0.717, 1.165) is 44.8 Å². The third-order valence-corrected chi connectivity index (χ3v) is 5.57. The van der Waals surface area contributed by atoms with Crippen molar-refractivity contribution in [3.05, 3.63) is 34.9 Å². The molecule has 1 aliphatic carbocycles. The molecule has 0 unspecified atom stereocenters. The van der Waals surface area contributed by atoms with Crippen LogP contribution in [0.15, 0.2) is 18.2 Å². The van der Waals surface area contributed by atoms with Crippen molar-refractivity contribution in [2.24, 2.45) is 5.92 Å². The molecule has 1 atom stereocenters. The third-order valence-electron chi connectivity index (χ3n) is 5.57. The van der Waals surface area contributed by atoms with Gasteiger partial charge in [0.15, 0.2) is 0 Å². The number of rotatable bonds is 6. The molecule has 3 rings (SSSR count). The molecule has 1 aromatic rings. The number of fused-ring (bicyclic) bond motifs is 1. The van der Waals surface area contributed by atoms with Crippen molar-refractivity contribution < 1.29 is 9.53 Å². The first-order valence-corrected chi connectivity index (χ1v) is 9.82. The molecule has 0 bridgehead atoms. The van der Waals surface area contributed by atoms with Crippen LogP contribution in [0.25, 0.3) is 0 Å². The first-order valence-electron chi connectivity index (χ1n) is 9.82. The van der Waals surface area contributed by atoms with E-state index >= 15 is 0 Å². The largest absolute Gasteiger partial charge is 0.379 e. The Morgan fingerprint density at radius 1 is 1.16 bits per heavy atom. The number of carbonyl (C=O) groups is 1. The van der Waals surface area contributed by atoms with E-state index in [1.54, 1.807) is 0 Å². The summed E-state index contributed by atoms with van der Waals surface area (Å²) in [6.45, 7) is 8.71. The topological polar surface area (TPSA) is 41.6 Å². The van der Waals surface area contributed by atoms with Gasteiger partial charge in [-0.25, -0.2) is 0 Å². The molecular weight excluding hydrogens is 312 g/mol. The summed E-state index contributed by atoms with van der Waals surface area (Å²) >= 11 is 0. The minimum atomic E-state index is 0.134. The molecular formula is C21H32N2O2. The Labute approximate surface area is 151 Å². The maximum absolute atomic E-state index is 12.4. The molecule has 0 aromatic heterocycles. The fourth-order valence-electron chi connectivity index (χ4n) is 4.06. The van der Waals surface area contributed by atoms with Crippen LogP contribution in [-0.2, 0) is 28.8 Å². The van der Waals surface area contributed by atoms with Gasteiger partial charge in [0.05, 0.1) is 19.6 Å². The molecule has 1 fully saturated rings. The van der Waals surface area contributed by atoms with E-state index < -0.39 is 0 Å². The second-order valence-electron chi connectivity index (χ2n) is 7.75. The molecule has 1 aromatic carbocycles. The summed E-state index contributed by atoms with van der Waals surface area (Å²) in [4.78, 5) is 14.9. The summed E-state index contributed by atoms with van der Waals surface area (Å²) in [5.41, 5.74) is 4.07. The van der Waals surface area contributed by atoms with Gasteiger partial charge in [0.25, 0.3) is 0 Å². The van der Waals surface area contributed by atoms with Gasteiger partial charge in [-0.1, -0.05) is 32.0 Å². The monoisotopic (exact) mass is 344 g/mol. The molecule has 138 valence electrons. The third kappa shape index (κ3) is 5.05. The number of ether oxygens (including phenoxy) is 1. The fourth-order valence-corrected chi connectivity index (χ4v) is 4.06. The summed E-state index contributed by atoms with van der Waals surface area (Å²) < 4.78 is 5.45. The lowest BCUT2D eigenvalue weighted by Crippen LogP contribution is -2.51. The molecule has 4 heteroatoms. The SMILES string of the molecule is CC(C)[C@H](CNC(=O)Cc1ccc2c(c1)CCCC2)N1CCOCC1. The van der Waals surface area contributed by atoms with Gasteiger partial charge >= 0.3 is 0 Å². The van der Waals surface area contributed by atoms with Crippen LogP contribution in [0.2, 0.25) is 0 Å². The first-order chi connectivity index (χ1) is 12.1. The molecule has 0 radical (unpaired) electrons. The molecule has 1 heterocycles. The Morgan fingerprint density at radius 2 is 1.88 bits per heavy atom. The Kier molecular flexibility index (Phi) is 6.49. The van der Waals surface area contributed by atoms with E-state index in [2.05, 4.69) is 42.3 Å². The summed E-state index contributed by atoms with van der Waals surface area (Å²) in [5, 5.41) is 3.17. The second-order valence-corrected chi connectivity index (χ2v) is 7.75. The first kappa shape index (κ1) is 18.4. The molecule has 1 N–H and O–H groups in total. The highest BCUT2D eigenvalue weighted by Crippen LogP contribution is 2.22. The number of nitrogens with zero attached hydrogens (tertiary/aromatic N) is 1. The Bertz CT molecular complexity index is 579. The van der Waals surface area contributed by atoms with Gasteiger partial charge in [-0.3, -0.25) is 9.69 Å². The highest BCUT2D eigenvalue weighted by molar-refractivity contribution is 5.78. The van der Waals surface area contributed by atoms with Crippen molar-refractivity contribution in [2.75, 3.05) is 32.8 Å². The fraction of sp³-hybridized carbons (Fsp3) is 0.667. The van der Waals surface area contributed by atoms with Crippen LogP contribution in [0.4, 0.5) is 0 Å². The van der Waals surface area contributed by atoms with Gasteiger partial charge in [0, 0.05) is 25.7 Å². The minimum absolute atomic E-state index is 0.134. The van der Waals surface area contributed by atoms with Gasteiger partial charge in [0.2, 0.25) is 5.91 Å². The molecule has 2 aliphatic rings. The van der Waals surface area contributed by atoms with Crippen LogP contribution in [0, 0.1) is 5.92 Å². The summed E-state index contributed by atoms with van der Waals surface area (Å²) in [6, 6.07) is 6.99. The van der Waals surface area contributed by atoms with Gasteiger partial charge in [-0.05, 0) is 48.3 Å². The Morgan fingerprint density at radius 3 is 2.60 bits per heavy atom. The highest BCUT2D eigenvalue weighted by atomic mass is 16.5. The molecule has 0 spiro atoms. The predicted molar refractivity (Wildman–Crippen MR) is 101 cm³/mol. The van der Waals surface area contributed by atoms with Gasteiger partial charge in [0.1, 0.15) is 0 Å². The van der Waals surface area contributed by atoms with Crippen molar-refractivity contribution in [2.45, 2.75) is 52.0 Å². The smallest absolute Gasteiger partial charge is 0.224 e. The average molecular weight is 344 g/mol. The average Bonchev–Trinajstić information content (AvgIpc) is 2.62. The molecule has 25 heavy (non-hydrogen) atoms. The molecule has 0 saturated carbocycles. The van der Waals surface area contributed by atoms with Crippen LogP contribution in [0.5, 0.6) is 0 Å². The predicted octanol–water partition coefficient (Wildman–Crippen LogP) is 2.58. The van der Waals surface area contributed by atoms with E-state index in [1.807, 2.05) is 0 Å². The molecule has 1 aliphatic heterocycles. The van der Waals surface area contributed by atoms with Crippen LogP contribution < -0.4 is 5.32 Å². The van der Waals surface area contributed by atoms with Crippen molar-refractivity contribution in [1.29, 1.82) is 0 Å². The quantitative estimate of drug-likeness (QED) is 0.862. The number of morpholine rings is 1. The number of hydrogen-bond donors (Lipinski definition) is 1. The van der Waals surface area contributed by atoms with Gasteiger partial charge in [-0.15, -0.1) is 0 Å². The Hall–Kier alpha value is -1.39. The van der Waals surface area contributed by atoms with Crippen LogP contribution in [0.3, 0.4) is 0 Å². The zero-order valence-electron chi connectivity index (χ0n) is 15.7. The zero-order valence-corrected chi connectivity index (χ0v) is 15.7. The van der Waals surface area contributed by atoms with Gasteiger partial charge in [-0.2, -0.15) is 0 Å². The lowest BCUT2D eigenvalue weighted by atomic mass is 9.90. The number of carbonyl (C=O) groups excluding carboxylic acids is 1. The minimum Gasteiger partial charge on any atom is -0.379 e. The van der Waals surface area contributed by atoms with Crippen molar-refractivity contribution in [3.63, 3.8) is 0 Å². The van der Waals surface area contributed by atoms with E-state index in [1.165, 1.54) is 30.4 Å². The van der Waals surface area contributed by atoms with Crippen LogP contribution in [0.1, 0.15) is 43.4 Å². The normalized spacial score (nSPS) is 19.5. The standard InChI is InChI=1S/C21H32N2O2/c1-16(2)20(23-9-11-25-12-10-23)15-22-21(24)14-17-7-8-18-5-3-4-6-19(18)13-17/h7-8,13,16,20H,3-6,9-12,14-15H2,1-2H3,(H,22,24)/t20-/m0/s1. The summed E-state index contributed by atoms with van der Waals surface area (Å²) in [6.07, 6.45) is 5.42. The van der Waals surface area contributed by atoms with E-state index in [-0.39, 0.29) is 5.91 Å². The Balaban J connectivity index is 1.52. The maximum atomic E-state index is 12.4. The van der Waals surface area contributed by atoms with E-state index in [4.69, 9.17) is 4.74 Å². The molecule has 1 amide bonds. The lowest BCUT2D eigenvalue weighted by Gasteiger charge is -2.36. The lowest BCUT2D eigenvalue weighted by molar-refractivity contribution is -0.120. The highest BCUT2D eigenvalue weighted by Gasteiger charge is 2.24. The zero-order chi connectivity index (χ0) is 17.6. The van der Waals surface area contributed by atoms with E-state index in [9.17, 15) is 4.79 Å². The number of amides is 1. The summed E-state index contributed by atoms with van der Waals surface area (Å²) in [7, 11) is 0.